The lowest BCUT2D eigenvalue weighted by molar-refractivity contribution is -0.132. The molecule has 2 aliphatic carbocycles. The van der Waals surface area contributed by atoms with Crippen molar-refractivity contribution in [3.8, 4) is 0 Å². The molecule has 0 bridgehead atoms. The molecule has 0 N–H and O–H groups in total. The van der Waals surface area contributed by atoms with Gasteiger partial charge in [0, 0.05) is 25.9 Å². The summed E-state index contributed by atoms with van der Waals surface area (Å²) in [6.45, 7) is 2.03. The second kappa shape index (κ2) is 5.78. The van der Waals surface area contributed by atoms with Crippen LogP contribution in [0.1, 0.15) is 49.7 Å². The van der Waals surface area contributed by atoms with E-state index in [9.17, 15) is 13.6 Å². The zero-order chi connectivity index (χ0) is 19.9. The minimum absolute atomic E-state index is 0.131. The molecule has 0 aromatic heterocycles. The average Bonchev–Trinajstić information content (AvgIpc) is 3.38. The number of benzene rings is 1. The number of nitrogens with zero attached hydrogens (tertiary/aromatic N) is 2. The Hall–Kier alpha value is -2.02. The van der Waals surface area contributed by atoms with Gasteiger partial charge in [-0.3, -0.25) is 4.79 Å². The van der Waals surface area contributed by atoms with Crippen molar-refractivity contribution in [2.45, 2.75) is 62.3 Å². The lowest BCUT2D eigenvalue weighted by Gasteiger charge is -2.39. The van der Waals surface area contributed by atoms with Crippen molar-refractivity contribution in [3.05, 3.63) is 35.4 Å². The zero-order valence-corrected chi connectivity index (χ0v) is 16.2. The fourth-order valence-electron chi connectivity index (χ4n) is 6.27. The van der Waals surface area contributed by atoms with Crippen molar-refractivity contribution in [3.63, 3.8) is 0 Å². The Morgan fingerprint density at radius 1 is 1.00 bits per heavy atom. The van der Waals surface area contributed by atoms with Crippen molar-refractivity contribution >= 4 is 11.9 Å². The molecule has 7 heteroatoms. The number of fused-ring (bicyclic) bond motifs is 3. The van der Waals surface area contributed by atoms with Gasteiger partial charge >= 0.3 is 0 Å². The first-order valence-corrected chi connectivity index (χ1v) is 10.6. The van der Waals surface area contributed by atoms with Gasteiger partial charge in [-0.1, -0.05) is 24.3 Å². The molecule has 3 fully saturated rings. The van der Waals surface area contributed by atoms with Gasteiger partial charge in [-0.15, -0.1) is 0 Å². The van der Waals surface area contributed by atoms with E-state index in [0.717, 1.165) is 12.8 Å². The number of carbonyl (C=O) groups excluding carboxylic acids is 1. The molecule has 3 heterocycles. The van der Waals surface area contributed by atoms with Gasteiger partial charge in [-0.05, 0) is 48.6 Å². The topological polar surface area (TPSA) is 51.1 Å². The van der Waals surface area contributed by atoms with E-state index in [1.165, 1.54) is 11.1 Å². The number of ether oxygens (including phenoxy) is 2. The average molecular weight is 402 g/mol. The van der Waals surface area contributed by atoms with E-state index in [1.54, 1.807) is 0 Å². The van der Waals surface area contributed by atoms with Crippen LogP contribution in [0.15, 0.2) is 29.3 Å². The summed E-state index contributed by atoms with van der Waals surface area (Å²) in [6, 6.07) is 8.73. The van der Waals surface area contributed by atoms with E-state index in [4.69, 9.17) is 9.47 Å². The molecule has 2 atom stereocenters. The highest BCUT2D eigenvalue weighted by molar-refractivity contribution is 6.01. The number of carbonyl (C=O) groups is 1. The predicted octanol–water partition coefficient (Wildman–Crippen LogP) is 3.61. The van der Waals surface area contributed by atoms with Gasteiger partial charge in [0.15, 0.2) is 5.60 Å². The molecule has 3 aliphatic heterocycles. The van der Waals surface area contributed by atoms with Crippen LogP contribution >= 0.6 is 0 Å². The smallest absolute Gasteiger partial charge is 0.296 e. The summed E-state index contributed by atoms with van der Waals surface area (Å²) >= 11 is 0. The van der Waals surface area contributed by atoms with Crippen LogP contribution < -0.4 is 0 Å². The maximum absolute atomic E-state index is 13.7. The van der Waals surface area contributed by atoms with E-state index in [-0.39, 0.29) is 36.2 Å². The monoisotopic (exact) mass is 402 g/mol. The van der Waals surface area contributed by atoms with Crippen LogP contribution in [-0.2, 0) is 26.5 Å². The molecule has 154 valence electrons. The predicted molar refractivity (Wildman–Crippen MR) is 100 cm³/mol. The van der Waals surface area contributed by atoms with E-state index in [1.807, 2.05) is 11.0 Å². The van der Waals surface area contributed by atoms with Gasteiger partial charge in [-0.25, -0.2) is 8.78 Å². The van der Waals surface area contributed by atoms with Crippen LogP contribution in [0, 0.1) is 11.8 Å². The molecule has 0 radical (unpaired) electrons. The summed E-state index contributed by atoms with van der Waals surface area (Å²) in [5, 5.41) is 0. The summed E-state index contributed by atoms with van der Waals surface area (Å²) in [5.41, 5.74) is 1.25. The third kappa shape index (κ3) is 2.59. The Morgan fingerprint density at radius 2 is 1.69 bits per heavy atom. The van der Waals surface area contributed by atoms with Crippen molar-refractivity contribution < 1.29 is 23.0 Å². The van der Waals surface area contributed by atoms with Gasteiger partial charge in [0.25, 0.3) is 11.9 Å². The number of aliphatic imine (C=N–C) groups is 1. The van der Waals surface area contributed by atoms with E-state index in [0.29, 0.717) is 38.6 Å². The van der Waals surface area contributed by atoms with Crippen LogP contribution in [0.5, 0.6) is 0 Å². The fourth-order valence-corrected chi connectivity index (χ4v) is 6.27. The van der Waals surface area contributed by atoms with Crippen LogP contribution in [0.4, 0.5) is 8.78 Å². The summed E-state index contributed by atoms with van der Waals surface area (Å²) in [7, 11) is 0. The Labute approximate surface area is 168 Å². The number of rotatable bonds is 0. The standard InChI is InChI=1S/C22H24F2N2O3/c23-22(24)11-15-9-21(10-16(15)12-22)18(27)25-19(29-21)26-7-5-20(6-8-26)17-4-2-1-3-14(17)13-28-20/h1-4,15-16H,5-13H2. The SMILES string of the molecule is O=C1N=C(N2CCC3(CC2)OCc2ccccc23)OC12CC1CC(F)(F)CC1C2. The zero-order valence-electron chi connectivity index (χ0n) is 16.2. The number of amidine groups is 1. The van der Waals surface area contributed by atoms with Crippen LogP contribution in [0.2, 0.25) is 0 Å². The van der Waals surface area contributed by atoms with Crippen LogP contribution in [0.3, 0.4) is 0 Å². The van der Waals surface area contributed by atoms with Gasteiger partial charge in [0.1, 0.15) is 0 Å². The highest BCUT2D eigenvalue weighted by Crippen LogP contribution is 2.56. The van der Waals surface area contributed by atoms with Crippen LogP contribution in [0.25, 0.3) is 0 Å². The molecule has 5 aliphatic rings. The van der Waals surface area contributed by atoms with E-state index in [2.05, 4.69) is 23.2 Å². The van der Waals surface area contributed by atoms with E-state index < -0.39 is 11.5 Å². The number of hydrogen-bond donors (Lipinski definition) is 0. The number of hydrogen-bond acceptors (Lipinski definition) is 4. The summed E-state index contributed by atoms with van der Waals surface area (Å²) in [5.74, 6) is -3.16. The highest BCUT2D eigenvalue weighted by Gasteiger charge is 2.62. The molecule has 1 aromatic rings. The minimum atomic E-state index is -2.60. The molecule has 2 unspecified atom stereocenters. The Kier molecular flexibility index (Phi) is 3.55. The second-order valence-electron chi connectivity index (χ2n) is 9.42. The van der Waals surface area contributed by atoms with Gasteiger partial charge < -0.3 is 14.4 Å². The Balaban J connectivity index is 1.15. The largest absolute Gasteiger partial charge is 0.448 e. The molecular formula is C22H24F2N2O3. The summed E-state index contributed by atoms with van der Waals surface area (Å²) < 4.78 is 39.7. The molecule has 6 rings (SSSR count). The first kappa shape index (κ1) is 17.8. The first-order chi connectivity index (χ1) is 13.9. The Morgan fingerprint density at radius 3 is 2.41 bits per heavy atom. The maximum Gasteiger partial charge on any atom is 0.296 e. The van der Waals surface area contributed by atoms with Crippen molar-refractivity contribution in [1.29, 1.82) is 0 Å². The van der Waals surface area contributed by atoms with E-state index >= 15 is 0 Å². The molecule has 1 aromatic carbocycles. The first-order valence-electron chi connectivity index (χ1n) is 10.6. The lowest BCUT2D eigenvalue weighted by atomic mass is 9.84. The molecule has 2 saturated carbocycles. The third-order valence-corrected chi connectivity index (χ3v) is 7.70. The Bertz CT molecular complexity index is 891. The quantitative estimate of drug-likeness (QED) is 0.665. The van der Waals surface area contributed by atoms with Crippen LogP contribution in [-0.4, -0.2) is 41.4 Å². The van der Waals surface area contributed by atoms with Crippen molar-refractivity contribution in [1.82, 2.24) is 4.90 Å². The number of amides is 1. The van der Waals surface area contributed by atoms with Crippen molar-refractivity contribution in [2.24, 2.45) is 16.8 Å². The minimum Gasteiger partial charge on any atom is -0.448 e. The number of alkyl halides is 2. The van der Waals surface area contributed by atoms with Gasteiger partial charge in [-0.2, -0.15) is 4.99 Å². The highest BCUT2D eigenvalue weighted by atomic mass is 19.3. The fraction of sp³-hybridized carbons (Fsp3) is 0.636. The molecule has 2 spiro atoms. The molecule has 29 heavy (non-hydrogen) atoms. The normalized spacial score (nSPS) is 36.4. The summed E-state index contributed by atoms with van der Waals surface area (Å²) in [4.78, 5) is 18.9. The molecular weight excluding hydrogens is 378 g/mol. The summed E-state index contributed by atoms with van der Waals surface area (Å²) in [6.07, 6.45) is 2.10. The molecule has 1 amide bonds. The second-order valence-corrected chi connectivity index (χ2v) is 9.42. The number of piperidine rings is 1. The third-order valence-electron chi connectivity index (χ3n) is 7.70. The van der Waals surface area contributed by atoms with Crippen molar-refractivity contribution in [2.75, 3.05) is 13.1 Å². The number of likely N-dealkylation sites (tertiary alicyclic amines) is 1. The molecule has 1 saturated heterocycles. The maximum atomic E-state index is 13.7. The lowest BCUT2D eigenvalue weighted by Crippen LogP contribution is -2.46. The van der Waals surface area contributed by atoms with Gasteiger partial charge in [0.05, 0.1) is 12.2 Å². The number of halogens is 2. The molecule has 5 nitrogen and oxygen atoms in total. The van der Waals surface area contributed by atoms with Gasteiger partial charge in [0.2, 0.25) is 5.92 Å².